The summed E-state index contributed by atoms with van der Waals surface area (Å²) in [5.41, 5.74) is -0.870. The predicted molar refractivity (Wildman–Crippen MR) is 182 cm³/mol. The summed E-state index contributed by atoms with van der Waals surface area (Å²) in [7, 11) is 0. The average molecular weight is 715 g/mol. The van der Waals surface area contributed by atoms with Crippen molar-refractivity contribution in [2.24, 2.45) is 0 Å². The number of piperidine rings is 1. The van der Waals surface area contributed by atoms with Gasteiger partial charge in [-0.3, -0.25) is 19.4 Å². The molecule has 6 nitrogen and oxygen atoms in total. The number of hydrogen-bond acceptors (Lipinski definition) is 4. The Hall–Kier alpha value is -3.90. The smallest absolute Gasteiger partial charge is 0.339 e. The first-order valence-corrected chi connectivity index (χ1v) is 17.7. The third-order valence-electron chi connectivity index (χ3n) is 10.7. The molecule has 0 aliphatic carbocycles. The SMILES string of the molecule is Cc1cccc(C(=O)N2CCCC(N3CCN(C4CCN(C(=O)c5cc(C(F)(F)F)cc(C(F)(F)F)c5)C(Cc5ccccc5)C4)CC3)CC2)c1. The normalized spacial score (nSPS) is 22.8. The Morgan fingerprint density at radius 2 is 1.27 bits per heavy atom. The largest absolute Gasteiger partial charge is 0.416 e. The van der Waals surface area contributed by atoms with Crippen molar-refractivity contribution in [3.05, 3.63) is 106 Å². The molecule has 0 saturated carbocycles. The Bertz CT molecular complexity index is 1640. The van der Waals surface area contributed by atoms with Crippen molar-refractivity contribution >= 4 is 11.8 Å². The summed E-state index contributed by atoms with van der Waals surface area (Å²) >= 11 is 0. The summed E-state index contributed by atoms with van der Waals surface area (Å²) in [6.07, 6.45) is -5.65. The molecule has 2 amide bonds. The Labute approximate surface area is 295 Å². The monoisotopic (exact) mass is 714 g/mol. The Balaban J connectivity index is 1.11. The summed E-state index contributed by atoms with van der Waals surface area (Å²) in [6.45, 7) is 7.03. The number of rotatable bonds is 6. The zero-order valence-corrected chi connectivity index (χ0v) is 28.7. The highest BCUT2D eigenvalue weighted by molar-refractivity contribution is 5.95. The highest BCUT2D eigenvalue weighted by atomic mass is 19.4. The number of halogens is 6. The number of alkyl halides is 6. The third-order valence-corrected chi connectivity index (χ3v) is 10.7. The molecule has 6 rings (SSSR count). The standard InChI is InChI=1S/C39H44F6N4O2/c1-27-7-5-10-29(21-27)36(50)48-14-6-11-33(12-15-48)46-17-19-47(20-18-46)34-13-16-49(35(26-34)22-28-8-3-2-4-9-28)37(51)30-23-31(38(40,41)42)25-32(24-30)39(43,44)45/h2-5,7-10,21,23-25,33-35H,6,11-20,22,26H2,1H3. The second-order valence-corrected chi connectivity index (χ2v) is 14.1. The van der Waals surface area contributed by atoms with Gasteiger partial charge in [0.1, 0.15) is 0 Å². The van der Waals surface area contributed by atoms with Gasteiger partial charge in [-0.2, -0.15) is 26.3 Å². The lowest BCUT2D eigenvalue weighted by atomic mass is 9.90. The Morgan fingerprint density at radius 1 is 0.647 bits per heavy atom. The van der Waals surface area contributed by atoms with Crippen molar-refractivity contribution in [1.82, 2.24) is 19.6 Å². The Morgan fingerprint density at radius 3 is 1.90 bits per heavy atom. The van der Waals surface area contributed by atoms with Crippen molar-refractivity contribution in [2.75, 3.05) is 45.8 Å². The minimum atomic E-state index is -5.04. The number of amides is 2. The molecule has 0 spiro atoms. The fourth-order valence-electron chi connectivity index (χ4n) is 8.03. The molecule has 0 radical (unpaired) electrons. The summed E-state index contributed by atoms with van der Waals surface area (Å²) in [6, 6.07) is 18.4. The van der Waals surface area contributed by atoms with Gasteiger partial charge in [0, 0.05) is 75.1 Å². The van der Waals surface area contributed by atoms with E-state index in [1.807, 2.05) is 66.4 Å². The van der Waals surface area contributed by atoms with E-state index >= 15 is 0 Å². The summed E-state index contributed by atoms with van der Waals surface area (Å²) in [4.78, 5) is 35.4. The fraction of sp³-hybridized carbons (Fsp3) is 0.487. The molecule has 0 bridgehead atoms. The second-order valence-electron chi connectivity index (χ2n) is 14.1. The van der Waals surface area contributed by atoms with Crippen molar-refractivity contribution < 1.29 is 35.9 Å². The van der Waals surface area contributed by atoms with Crippen LogP contribution < -0.4 is 0 Å². The molecule has 3 saturated heterocycles. The summed E-state index contributed by atoms with van der Waals surface area (Å²) in [5.74, 6) is -0.744. The highest BCUT2D eigenvalue weighted by Gasteiger charge is 2.40. The quantitative estimate of drug-likeness (QED) is 0.248. The van der Waals surface area contributed by atoms with Crippen LogP contribution in [0.15, 0.2) is 72.8 Å². The van der Waals surface area contributed by atoms with Gasteiger partial charge in [0.05, 0.1) is 11.1 Å². The number of benzene rings is 3. The molecule has 51 heavy (non-hydrogen) atoms. The lowest BCUT2D eigenvalue weighted by molar-refractivity contribution is -0.143. The van der Waals surface area contributed by atoms with E-state index in [0.717, 1.165) is 68.7 Å². The van der Waals surface area contributed by atoms with Crippen LogP contribution in [0.25, 0.3) is 0 Å². The van der Waals surface area contributed by atoms with Gasteiger partial charge in [-0.25, -0.2) is 0 Å². The van der Waals surface area contributed by atoms with Gasteiger partial charge in [-0.05, 0) is 81.3 Å². The maximum Gasteiger partial charge on any atom is 0.416 e. The molecule has 3 aliphatic rings. The second kappa shape index (κ2) is 15.4. The lowest BCUT2D eigenvalue weighted by Crippen LogP contribution is -2.58. The fourth-order valence-corrected chi connectivity index (χ4v) is 8.03. The summed E-state index contributed by atoms with van der Waals surface area (Å²) in [5, 5.41) is 0. The Kier molecular flexibility index (Phi) is 11.1. The minimum Gasteiger partial charge on any atom is -0.339 e. The van der Waals surface area contributed by atoms with Crippen LogP contribution in [-0.4, -0.2) is 95.4 Å². The number of hydrogen-bond donors (Lipinski definition) is 0. The molecular weight excluding hydrogens is 670 g/mol. The zero-order chi connectivity index (χ0) is 36.3. The number of carbonyl (C=O) groups is 2. The molecule has 3 unspecified atom stereocenters. The molecule has 3 heterocycles. The van der Waals surface area contributed by atoms with Gasteiger partial charge in [0.2, 0.25) is 0 Å². The first-order valence-electron chi connectivity index (χ1n) is 17.7. The van der Waals surface area contributed by atoms with Gasteiger partial charge in [0.25, 0.3) is 11.8 Å². The molecule has 0 aromatic heterocycles. The molecular formula is C39H44F6N4O2. The van der Waals surface area contributed by atoms with Crippen LogP contribution in [0.5, 0.6) is 0 Å². The van der Waals surface area contributed by atoms with Crippen molar-refractivity contribution in [1.29, 1.82) is 0 Å². The number of carbonyl (C=O) groups excluding carboxylic acids is 2. The van der Waals surface area contributed by atoms with E-state index in [1.165, 1.54) is 4.90 Å². The molecule has 3 aliphatic heterocycles. The van der Waals surface area contributed by atoms with Crippen LogP contribution in [0, 0.1) is 6.92 Å². The van der Waals surface area contributed by atoms with Crippen LogP contribution in [0.4, 0.5) is 26.3 Å². The van der Waals surface area contributed by atoms with Crippen LogP contribution in [0.2, 0.25) is 0 Å². The van der Waals surface area contributed by atoms with Crippen LogP contribution in [-0.2, 0) is 18.8 Å². The van der Waals surface area contributed by atoms with Gasteiger partial charge >= 0.3 is 12.4 Å². The topological polar surface area (TPSA) is 47.1 Å². The molecule has 0 N–H and O–H groups in total. The van der Waals surface area contributed by atoms with E-state index in [-0.39, 0.29) is 24.6 Å². The van der Waals surface area contributed by atoms with Crippen molar-refractivity contribution in [3.63, 3.8) is 0 Å². The number of aryl methyl sites for hydroxylation is 1. The zero-order valence-electron chi connectivity index (χ0n) is 28.7. The minimum absolute atomic E-state index is 0.0558. The van der Waals surface area contributed by atoms with E-state index in [2.05, 4.69) is 9.80 Å². The molecule has 3 aromatic carbocycles. The summed E-state index contributed by atoms with van der Waals surface area (Å²) < 4.78 is 81.8. The van der Waals surface area contributed by atoms with E-state index < -0.39 is 41.0 Å². The predicted octanol–water partition coefficient (Wildman–Crippen LogP) is 7.56. The van der Waals surface area contributed by atoms with E-state index in [0.29, 0.717) is 44.0 Å². The van der Waals surface area contributed by atoms with Crippen molar-refractivity contribution in [3.8, 4) is 0 Å². The third kappa shape index (κ3) is 8.95. The first-order chi connectivity index (χ1) is 24.3. The maximum absolute atomic E-state index is 13.8. The van der Waals surface area contributed by atoms with Crippen molar-refractivity contribution in [2.45, 2.75) is 75.9 Å². The number of likely N-dealkylation sites (tertiary alicyclic amines) is 2. The molecule has 12 heteroatoms. The van der Waals surface area contributed by atoms with E-state index in [9.17, 15) is 35.9 Å². The van der Waals surface area contributed by atoms with E-state index in [4.69, 9.17) is 0 Å². The number of nitrogens with zero attached hydrogens (tertiary/aromatic N) is 4. The lowest BCUT2D eigenvalue weighted by Gasteiger charge is -2.47. The molecule has 274 valence electrons. The maximum atomic E-state index is 13.8. The van der Waals surface area contributed by atoms with E-state index in [1.54, 1.807) is 0 Å². The molecule has 3 aromatic rings. The van der Waals surface area contributed by atoms with Gasteiger partial charge < -0.3 is 9.80 Å². The van der Waals surface area contributed by atoms with Gasteiger partial charge in [-0.1, -0.05) is 48.0 Å². The first kappa shape index (κ1) is 36.9. The van der Waals surface area contributed by atoms with Gasteiger partial charge in [-0.15, -0.1) is 0 Å². The average Bonchev–Trinajstić information content (AvgIpc) is 3.37. The van der Waals surface area contributed by atoms with Gasteiger partial charge in [0.15, 0.2) is 0 Å². The molecule has 3 atom stereocenters. The highest BCUT2D eigenvalue weighted by Crippen LogP contribution is 2.37. The van der Waals surface area contributed by atoms with Crippen LogP contribution in [0.1, 0.15) is 75.1 Å². The number of piperazine rings is 1. The van der Waals surface area contributed by atoms with Crippen LogP contribution in [0.3, 0.4) is 0 Å². The molecule has 3 fully saturated rings. The van der Waals surface area contributed by atoms with Crippen LogP contribution >= 0.6 is 0 Å².